The molecule has 0 aliphatic carbocycles. The molecule has 0 aromatic heterocycles. The van der Waals surface area contributed by atoms with Gasteiger partial charge in [0.2, 0.25) is 0 Å². The quantitative estimate of drug-likeness (QED) is 0.118. The number of esters is 2. The molecule has 5 nitrogen and oxygen atoms in total. The summed E-state index contributed by atoms with van der Waals surface area (Å²) in [4.78, 5) is 25.0. The van der Waals surface area contributed by atoms with Crippen LogP contribution < -0.4 is 9.47 Å². The molecule has 0 amide bonds. The van der Waals surface area contributed by atoms with Gasteiger partial charge in [0, 0.05) is 0 Å². The summed E-state index contributed by atoms with van der Waals surface area (Å²) in [6.07, 6.45) is 9.67. The smallest absolute Gasteiger partial charge is 0.343 e. The number of ether oxygens (including phenoxy) is 3. The molecule has 0 bridgehead atoms. The van der Waals surface area contributed by atoms with Crippen molar-refractivity contribution in [1.82, 2.24) is 0 Å². The molecule has 1 unspecified atom stereocenters. The van der Waals surface area contributed by atoms with E-state index in [4.69, 9.17) is 14.2 Å². The van der Waals surface area contributed by atoms with Gasteiger partial charge in [0.1, 0.15) is 11.5 Å². The molecule has 3 aromatic rings. The number of hydrogen-bond donors (Lipinski definition) is 0. The summed E-state index contributed by atoms with van der Waals surface area (Å²) in [6, 6.07) is 17.8. The van der Waals surface area contributed by atoms with Crippen molar-refractivity contribution < 1.29 is 23.8 Å². The van der Waals surface area contributed by atoms with Crippen molar-refractivity contribution in [2.45, 2.75) is 72.1 Å². The van der Waals surface area contributed by atoms with Crippen LogP contribution in [0.5, 0.6) is 11.5 Å². The molecule has 3 rings (SSSR count). The predicted molar refractivity (Wildman–Crippen MR) is 149 cm³/mol. The van der Waals surface area contributed by atoms with E-state index in [0.29, 0.717) is 36.0 Å². The Hall–Kier alpha value is -3.34. The molecule has 0 aliphatic rings. The van der Waals surface area contributed by atoms with Crippen LogP contribution >= 0.6 is 0 Å². The summed E-state index contributed by atoms with van der Waals surface area (Å²) in [7, 11) is 0. The summed E-state index contributed by atoms with van der Waals surface area (Å²) in [5.74, 6) is 0.784. The maximum absolute atomic E-state index is 12.6. The molecule has 1 atom stereocenters. The Bertz CT molecular complexity index is 1140. The minimum absolute atomic E-state index is 0.326. The van der Waals surface area contributed by atoms with Gasteiger partial charge in [-0.2, -0.15) is 0 Å². The average molecular weight is 505 g/mol. The Balaban J connectivity index is 1.48. The first kappa shape index (κ1) is 28.2. The normalized spacial score (nSPS) is 11.8. The molecule has 0 fully saturated rings. The summed E-state index contributed by atoms with van der Waals surface area (Å²) in [6.45, 7) is 7.45. The maximum atomic E-state index is 12.6. The number of hydrogen-bond acceptors (Lipinski definition) is 5. The molecule has 0 N–H and O–H groups in total. The fourth-order valence-electron chi connectivity index (χ4n) is 3.94. The third kappa shape index (κ3) is 9.23. The lowest BCUT2D eigenvalue weighted by molar-refractivity contribution is 0.0447. The Morgan fingerprint density at radius 2 is 1.32 bits per heavy atom. The Labute approximate surface area is 221 Å². The summed E-state index contributed by atoms with van der Waals surface area (Å²) < 4.78 is 16.8. The zero-order valence-corrected chi connectivity index (χ0v) is 22.5. The average Bonchev–Trinajstić information content (AvgIpc) is 2.92. The molecule has 0 spiro atoms. The van der Waals surface area contributed by atoms with E-state index in [1.165, 1.54) is 38.5 Å². The molecule has 0 heterocycles. The highest BCUT2D eigenvalue weighted by Gasteiger charge is 2.12. The standard InChI is InChI=1S/C32H40O5/c1-4-6-7-8-9-10-11-20-35-29-17-14-25(15-18-29)32(34)37-30-19-16-26-21-28(13-12-27(26)22-30)31(33)36-23-24(3)5-2/h12-19,21-22,24H,4-11,20,23H2,1-3H3. The van der Waals surface area contributed by atoms with Gasteiger partial charge in [-0.3, -0.25) is 0 Å². The van der Waals surface area contributed by atoms with Crippen molar-refractivity contribution in [1.29, 1.82) is 0 Å². The Morgan fingerprint density at radius 1 is 0.703 bits per heavy atom. The highest BCUT2D eigenvalue weighted by molar-refractivity contribution is 5.96. The SMILES string of the molecule is CCCCCCCCCOc1ccc(C(=O)Oc2ccc3cc(C(=O)OCC(C)CC)ccc3c2)cc1. The van der Waals surface area contributed by atoms with Crippen LogP contribution in [0.4, 0.5) is 0 Å². The largest absolute Gasteiger partial charge is 0.494 e. The molecular weight excluding hydrogens is 464 g/mol. The molecule has 37 heavy (non-hydrogen) atoms. The number of unbranched alkanes of at least 4 members (excludes halogenated alkanes) is 6. The lowest BCUT2D eigenvalue weighted by atomic mass is 10.1. The van der Waals surface area contributed by atoms with Gasteiger partial charge in [0.05, 0.1) is 24.3 Å². The fourth-order valence-corrected chi connectivity index (χ4v) is 3.94. The third-order valence-electron chi connectivity index (χ3n) is 6.56. The summed E-state index contributed by atoms with van der Waals surface area (Å²) >= 11 is 0. The fraction of sp³-hybridized carbons (Fsp3) is 0.438. The van der Waals surface area contributed by atoms with Crippen LogP contribution in [-0.4, -0.2) is 25.2 Å². The van der Waals surface area contributed by atoms with Crippen LogP contribution in [0.15, 0.2) is 60.7 Å². The van der Waals surface area contributed by atoms with Gasteiger partial charge in [-0.1, -0.05) is 77.8 Å². The minimum atomic E-state index is -0.428. The van der Waals surface area contributed by atoms with Gasteiger partial charge < -0.3 is 14.2 Å². The summed E-state index contributed by atoms with van der Waals surface area (Å²) in [5.41, 5.74) is 0.970. The van der Waals surface area contributed by atoms with Crippen LogP contribution in [0.25, 0.3) is 10.8 Å². The lowest BCUT2D eigenvalue weighted by Crippen LogP contribution is -2.11. The molecular formula is C32H40O5. The van der Waals surface area contributed by atoms with Crippen molar-refractivity contribution >= 4 is 22.7 Å². The van der Waals surface area contributed by atoms with Crippen LogP contribution in [0.3, 0.4) is 0 Å². The van der Waals surface area contributed by atoms with Gasteiger partial charge in [0.15, 0.2) is 0 Å². The van der Waals surface area contributed by atoms with Gasteiger partial charge in [-0.25, -0.2) is 9.59 Å². The van der Waals surface area contributed by atoms with Crippen LogP contribution in [0.1, 0.15) is 92.9 Å². The molecule has 0 saturated heterocycles. The van der Waals surface area contributed by atoms with Crippen LogP contribution in [0.2, 0.25) is 0 Å². The molecule has 0 aliphatic heterocycles. The van der Waals surface area contributed by atoms with E-state index in [-0.39, 0.29) is 5.97 Å². The van der Waals surface area contributed by atoms with E-state index < -0.39 is 5.97 Å². The Morgan fingerprint density at radius 3 is 2.05 bits per heavy atom. The monoisotopic (exact) mass is 504 g/mol. The second-order valence-corrected chi connectivity index (χ2v) is 9.72. The van der Waals surface area contributed by atoms with Crippen molar-refractivity contribution in [2.75, 3.05) is 13.2 Å². The number of benzene rings is 3. The van der Waals surface area contributed by atoms with E-state index >= 15 is 0 Å². The molecule has 0 radical (unpaired) electrons. The zero-order chi connectivity index (χ0) is 26.5. The van der Waals surface area contributed by atoms with Crippen LogP contribution in [-0.2, 0) is 4.74 Å². The third-order valence-corrected chi connectivity index (χ3v) is 6.56. The highest BCUT2D eigenvalue weighted by Crippen LogP contribution is 2.24. The first-order chi connectivity index (χ1) is 18.0. The maximum Gasteiger partial charge on any atom is 0.343 e. The number of rotatable bonds is 15. The van der Waals surface area contributed by atoms with Crippen molar-refractivity contribution in [2.24, 2.45) is 5.92 Å². The lowest BCUT2D eigenvalue weighted by Gasteiger charge is -2.10. The topological polar surface area (TPSA) is 61.8 Å². The molecule has 5 heteroatoms. The summed E-state index contributed by atoms with van der Waals surface area (Å²) in [5, 5.41) is 1.75. The van der Waals surface area contributed by atoms with Gasteiger partial charge >= 0.3 is 11.9 Å². The number of carbonyl (C=O) groups excluding carboxylic acids is 2. The molecule has 198 valence electrons. The van der Waals surface area contributed by atoms with E-state index in [1.54, 1.807) is 48.5 Å². The first-order valence-corrected chi connectivity index (χ1v) is 13.7. The van der Waals surface area contributed by atoms with E-state index in [0.717, 1.165) is 29.4 Å². The second-order valence-electron chi connectivity index (χ2n) is 9.72. The van der Waals surface area contributed by atoms with Crippen molar-refractivity contribution in [3.63, 3.8) is 0 Å². The van der Waals surface area contributed by atoms with Gasteiger partial charge in [0.25, 0.3) is 0 Å². The van der Waals surface area contributed by atoms with Gasteiger partial charge in [-0.05, 0) is 71.6 Å². The Kier molecular flexibility index (Phi) is 11.5. The van der Waals surface area contributed by atoms with E-state index in [1.807, 2.05) is 12.1 Å². The molecule has 0 saturated carbocycles. The zero-order valence-electron chi connectivity index (χ0n) is 22.5. The first-order valence-electron chi connectivity index (χ1n) is 13.7. The van der Waals surface area contributed by atoms with E-state index in [2.05, 4.69) is 20.8 Å². The predicted octanol–water partition coefficient (Wildman–Crippen LogP) is 8.39. The van der Waals surface area contributed by atoms with Crippen molar-refractivity contribution in [3.8, 4) is 11.5 Å². The number of carbonyl (C=O) groups is 2. The minimum Gasteiger partial charge on any atom is -0.494 e. The van der Waals surface area contributed by atoms with E-state index in [9.17, 15) is 9.59 Å². The highest BCUT2D eigenvalue weighted by atomic mass is 16.5. The van der Waals surface area contributed by atoms with Gasteiger partial charge in [-0.15, -0.1) is 0 Å². The number of fused-ring (bicyclic) bond motifs is 1. The van der Waals surface area contributed by atoms with Crippen molar-refractivity contribution in [3.05, 3.63) is 71.8 Å². The van der Waals surface area contributed by atoms with Crippen LogP contribution in [0, 0.1) is 5.92 Å². The second kappa shape index (κ2) is 15.0. The molecule has 3 aromatic carbocycles.